The van der Waals surface area contributed by atoms with E-state index in [0.29, 0.717) is 0 Å². The number of methoxy groups -OCH3 is 2. The zero-order chi connectivity index (χ0) is 14.8. The summed E-state index contributed by atoms with van der Waals surface area (Å²) >= 11 is 1.62. The number of H-pyrrole nitrogens is 1. The summed E-state index contributed by atoms with van der Waals surface area (Å²) in [5.74, 6) is 2.37. The average molecular weight is 300 g/mol. The fourth-order valence-electron chi connectivity index (χ4n) is 2.29. The van der Waals surface area contributed by atoms with Gasteiger partial charge in [-0.15, -0.1) is 11.8 Å². The third-order valence-corrected chi connectivity index (χ3v) is 4.11. The summed E-state index contributed by atoms with van der Waals surface area (Å²) in [5, 5.41) is 0. The Morgan fingerprint density at radius 2 is 1.81 bits per heavy atom. The maximum absolute atomic E-state index is 5.51. The maximum atomic E-state index is 5.51. The van der Waals surface area contributed by atoms with E-state index in [1.807, 2.05) is 42.7 Å². The lowest BCUT2D eigenvalue weighted by molar-refractivity contribution is 0.395. The number of nitrogens with one attached hydrogen (secondary N) is 1. The van der Waals surface area contributed by atoms with E-state index in [2.05, 4.69) is 9.97 Å². The first-order valence-corrected chi connectivity index (χ1v) is 7.74. The minimum absolute atomic E-state index is 0.777. The molecule has 0 unspecified atom stereocenters. The van der Waals surface area contributed by atoms with E-state index in [0.717, 1.165) is 38.8 Å². The molecule has 0 radical (unpaired) electrons. The molecule has 0 amide bonds. The number of hydrogen-bond acceptors (Lipinski definition) is 4. The van der Waals surface area contributed by atoms with Crippen LogP contribution in [0.15, 0.2) is 41.3 Å². The number of fused-ring (bicyclic) bond motifs is 1. The van der Waals surface area contributed by atoms with Crippen molar-refractivity contribution in [1.82, 2.24) is 9.97 Å². The average Bonchev–Trinajstić information content (AvgIpc) is 2.97. The van der Waals surface area contributed by atoms with Crippen molar-refractivity contribution >= 4 is 22.8 Å². The van der Waals surface area contributed by atoms with Gasteiger partial charge in [0.1, 0.15) is 17.3 Å². The van der Waals surface area contributed by atoms with Crippen LogP contribution in [0.2, 0.25) is 0 Å². The van der Waals surface area contributed by atoms with Crippen LogP contribution in [0.25, 0.3) is 22.4 Å². The molecule has 21 heavy (non-hydrogen) atoms. The molecule has 0 saturated carbocycles. The molecular formula is C16H16N2O2S. The van der Waals surface area contributed by atoms with E-state index < -0.39 is 0 Å². The van der Waals surface area contributed by atoms with Crippen LogP contribution in [0.1, 0.15) is 0 Å². The number of benzene rings is 2. The molecule has 0 spiro atoms. The molecule has 0 bridgehead atoms. The van der Waals surface area contributed by atoms with Gasteiger partial charge in [0.15, 0.2) is 0 Å². The van der Waals surface area contributed by atoms with Crippen molar-refractivity contribution in [3.8, 4) is 22.9 Å². The Morgan fingerprint density at radius 1 is 1.05 bits per heavy atom. The Labute approximate surface area is 127 Å². The van der Waals surface area contributed by atoms with Crippen LogP contribution in [-0.4, -0.2) is 30.4 Å². The number of aromatic nitrogens is 2. The van der Waals surface area contributed by atoms with Crippen LogP contribution in [0.5, 0.6) is 11.5 Å². The molecule has 3 rings (SSSR count). The van der Waals surface area contributed by atoms with Crippen LogP contribution < -0.4 is 9.47 Å². The number of aromatic amines is 1. The van der Waals surface area contributed by atoms with Crippen LogP contribution in [-0.2, 0) is 0 Å². The lowest BCUT2D eigenvalue weighted by Gasteiger charge is -2.12. The maximum Gasteiger partial charge on any atom is 0.142 e. The Hall–Kier alpha value is -2.14. The Morgan fingerprint density at radius 3 is 2.48 bits per heavy atom. The van der Waals surface area contributed by atoms with Crippen molar-refractivity contribution < 1.29 is 9.47 Å². The molecular weight excluding hydrogens is 284 g/mol. The highest BCUT2D eigenvalue weighted by atomic mass is 32.2. The van der Waals surface area contributed by atoms with E-state index in [9.17, 15) is 0 Å². The minimum atomic E-state index is 0.777. The topological polar surface area (TPSA) is 47.1 Å². The highest BCUT2D eigenvalue weighted by Crippen LogP contribution is 2.39. The first-order valence-electron chi connectivity index (χ1n) is 6.52. The number of imidazole rings is 1. The number of para-hydroxylation sites is 2. The van der Waals surface area contributed by atoms with Gasteiger partial charge in [0, 0.05) is 0 Å². The molecule has 1 heterocycles. The normalized spacial score (nSPS) is 10.8. The number of nitrogens with zero attached hydrogens (tertiary/aromatic N) is 1. The van der Waals surface area contributed by atoms with Gasteiger partial charge in [0.25, 0.3) is 0 Å². The molecule has 5 heteroatoms. The molecule has 4 nitrogen and oxygen atoms in total. The summed E-state index contributed by atoms with van der Waals surface area (Å²) in [6, 6.07) is 11.9. The van der Waals surface area contributed by atoms with E-state index >= 15 is 0 Å². The monoisotopic (exact) mass is 300 g/mol. The third kappa shape index (κ3) is 2.45. The Balaban J connectivity index is 2.20. The van der Waals surface area contributed by atoms with E-state index in [4.69, 9.17) is 9.47 Å². The van der Waals surface area contributed by atoms with E-state index in [1.54, 1.807) is 26.0 Å². The standard InChI is InChI=1S/C16H16N2O2S/c1-19-13-9-15(21-3)14(20-2)8-10(13)16-17-11-6-4-5-7-12(11)18-16/h4-9H,1-3H3,(H,17,18). The van der Waals surface area contributed by atoms with Crippen LogP contribution in [0, 0.1) is 0 Å². The largest absolute Gasteiger partial charge is 0.496 e. The van der Waals surface area contributed by atoms with Gasteiger partial charge in [0.2, 0.25) is 0 Å². The van der Waals surface area contributed by atoms with Gasteiger partial charge in [0.05, 0.1) is 35.7 Å². The molecule has 0 aliphatic carbocycles. The number of rotatable bonds is 4. The fourth-order valence-corrected chi connectivity index (χ4v) is 2.86. The smallest absolute Gasteiger partial charge is 0.142 e. The molecule has 3 aromatic rings. The molecule has 0 fully saturated rings. The molecule has 0 aliphatic heterocycles. The van der Waals surface area contributed by atoms with Gasteiger partial charge in [-0.1, -0.05) is 12.1 Å². The summed E-state index contributed by atoms with van der Waals surface area (Å²) in [4.78, 5) is 8.98. The highest BCUT2D eigenvalue weighted by Gasteiger charge is 2.15. The Bertz CT molecular complexity index is 750. The minimum Gasteiger partial charge on any atom is -0.496 e. The van der Waals surface area contributed by atoms with Crippen LogP contribution >= 0.6 is 11.8 Å². The van der Waals surface area contributed by atoms with E-state index in [-0.39, 0.29) is 0 Å². The summed E-state index contributed by atoms with van der Waals surface area (Å²) in [6.45, 7) is 0. The second-order valence-corrected chi connectivity index (χ2v) is 5.36. The number of ether oxygens (including phenoxy) is 2. The molecule has 0 saturated heterocycles. The molecule has 0 aliphatic rings. The summed E-state index contributed by atoms with van der Waals surface area (Å²) in [5.41, 5.74) is 2.83. The predicted octanol–water partition coefficient (Wildman–Crippen LogP) is 3.97. The molecule has 0 atom stereocenters. The van der Waals surface area contributed by atoms with Gasteiger partial charge in [-0.25, -0.2) is 4.98 Å². The van der Waals surface area contributed by atoms with Crippen molar-refractivity contribution in [2.24, 2.45) is 0 Å². The van der Waals surface area contributed by atoms with Crippen LogP contribution in [0.3, 0.4) is 0 Å². The van der Waals surface area contributed by atoms with E-state index in [1.165, 1.54) is 0 Å². The zero-order valence-electron chi connectivity index (χ0n) is 12.1. The number of thioether (sulfide) groups is 1. The quantitative estimate of drug-likeness (QED) is 0.741. The van der Waals surface area contributed by atoms with Crippen molar-refractivity contribution in [3.63, 3.8) is 0 Å². The lowest BCUT2D eigenvalue weighted by atomic mass is 10.1. The third-order valence-electron chi connectivity index (χ3n) is 3.35. The van der Waals surface area contributed by atoms with Gasteiger partial charge >= 0.3 is 0 Å². The van der Waals surface area contributed by atoms with Crippen molar-refractivity contribution in [3.05, 3.63) is 36.4 Å². The SMILES string of the molecule is COc1cc(-c2nc3ccccc3[nH]2)c(OC)cc1SC. The molecule has 1 N–H and O–H groups in total. The summed E-state index contributed by atoms with van der Waals surface area (Å²) in [7, 11) is 3.34. The van der Waals surface area contributed by atoms with Crippen molar-refractivity contribution in [2.75, 3.05) is 20.5 Å². The summed E-state index contributed by atoms with van der Waals surface area (Å²) < 4.78 is 11.0. The molecule has 1 aromatic heterocycles. The van der Waals surface area contributed by atoms with Crippen molar-refractivity contribution in [2.45, 2.75) is 4.90 Å². The highest BCUT2D eigenvalue weighted by molar-refractivity contribution is 7.98. The first kappa shape index (κ1) is 13.8. The van der Waals surface area contributed by atoms with Gasteiger partial charge in [-0.2, -0.15) is 0 Å². The second-order valence-electron chi connectivity index (χ2n) is 4.51. The predicted molar refractivity (Wildman–Crippen MR) is 86.4 cm³/mol. The Kier molecular flexibility index (Phi) is 3.75. The zero-order valence-corrected chi connectivity index (χ0v) is 13.0. The fraction of sp³-hybridized carbons (Fsp3) is 0.188. The second kappa shape index (κ2) is 5.69. The molecule has 108 valence electrons. The van der Waals surface area contributed by atoms with Gasteiger partial charge in [-0.3, -0.25) is 0 Å². The molecule has 2 aromatic carbocycles. The summed E-state index contributed by atoms with van der Waals surface area (Å²) in [6.07, 6.45) is 2.01. The number of hydrogen-bond donors (Lipinski definition) is 1. The van der Waals surface area contributed by atoms with Gasteiger partial charge < -0.3 is 14.5 Å². The first-order chi connectivity index (χ1) is 10.3. The van der Waals surface area contributed by atoms with Crippen LogP contribution in [0.4, 0.5) is 0 Å². The lowest BCUT2D eigenvalue weighted by Crippen LogP contribution is -1.93. The van der Waals surface area contributed by atoms with Crippen molar-refractivity contribution in [1.29, 1.82) is 0 Å². The van der Waals surface area contributed by atoms with Gasteiger partial charge in [-0.05, 0) is 30.5 Å².